The second-order valence-electron chi connectivity index (χ2n) is 8.50. The van der Waals surface area contributed by atoms with E-state index in [9.17, 15) is 18.4 Å². The molecule has 0 aliphatic carbocycles. The minimum atomic E-state index is -1.23. The van der Waals surface area contributed by atoms with Gasteiger partial charge in [0.1, 0.15) is 29.4 Å². The number of fused-ring (bicyclic) bond motifs is 1. The molecular formula is C26H25F2N3O4S. The summed E-state index contributed by atoms with van der Waals surface area (Å²) in [6, 6.07) is 6.85. The molecule has 36 heavy (non-hydrogen) atoms. The van der Waals surface area contributed by atoms with Crippen molar-refractivity contribution in [2.45, 2.75) is 46.1 Å². The minimum absolute atomic E-state index is 0.159. The van der Waals surface area contributed by atoms with Gasteiger partial charge in [-0.05, 0) is 52.0 Å². The molecule has 188 valence electrons. The maximum Gasteiger partial charge on any atom is 0.317 e. The van der Waals surface area contributed by atoms with Gasteiger partial charge in [-0.1, -0.05) is 6.07 Å². The Kier molecular flexibility index (Phi) is 7.16. The van der Waals surface area contributed by atoms with E-state index in [1.807, 2.05) is 6.92 Å². The second-order valence-corrected chi connectivity index (χ2v) is 9.73. The maximum atomic E-state index is 14.0. The number of imidazole rings is 1. The number of carbonyl (C=O) groups excluding carboxylic acids is 2. The van der Waals surface area contributed by atoms with Crippen LogP contribution in [-0.4, -0.2) is 32.7 Å². The summed E-state index contributed by atoms with van der Waals surface area (Å²) < 4.78 is 40.6. The van der Waals surface area contributed by atoms with Crippen LogP contribution in [0.3, 0.4) is 0 Å². The highest BCUT2D eigenvalue weighted by atomic mass is 32.1. The quantitative estimate of drug-likeness (QED) is 0.221. The number of pyridine rings is 1. The summed E-state index contributed by atoms with van der Waals surface area (Å²) in [7, 11) is 0. The van der Waals surface area contributed by atoms with Gasteiger partial charge in [0.2, 0.25) is 0 Å². The van der Waals surface area contributed by atoms with Crippen molar-refractivity contribution in [2.24, 2.45) is 0 Å². The molecule has 0 N–H and O–H groups in total. The molecule has 0 saturated carbocycles. The zero-order valence-corrected chi connectivity index (χ0v) is 21.1. The van der Waals surface area contributed by atoms with Gasteiger partial charge in [-0.15, -0.1) is 11.3 Å². The highest BCUT2D eigenvalue weighted by Gasteiger charge is 2.41. The number of thiazole rings is 1. The third-order valence-corrected chi connectivity index (χ3v) is 7.07. The Labute approximate surface area is 210 Å². The molecule has 0 fully saturated rings. The van der Waals surface area contributed by atoms with Crippen LogP contribution < -0.4 is 4.74 Å². The first-order chi connectivity index (χ1) is 17.2. The molecule has 0 saturated heterocycles. The van der Waals surface area contributed by atoms with Crippen molar-refractivity contribution in [1.29, 1.82) is 0 Å². The van der Waals surface area contributed by atoms with Crippen molar-refractivity contribution in [1.82, 2.24) is 14.4 Å². The van der Waals surface area contributed by atoms with E-state index < -0.39 is 23.0 Å². The van der Waals surface area contributed by atoms with E-state index in [-0.39, 0.29) is 42.4 Å². The first kappa shape index (κ1) is 25.4. The molecule has 0 radical (unpaired) electrons. The largest absolute Gasteiger partial charge is 0.485 e. The van der Waals surface area contributed by atoms with Crippen LogP contribution >= 0.6 is 11.3 Å². The van der Waals surface area contributed by atoms with Gasteiger partial charge in [-0.3, -0.25) is 14.0 Å². The Hall–Kier alpha value is -3.66. The smallest absolute Gasteiger partial charge is 0.317 e. The van der Waals surface area contributed by atoms with Crippen LogP contribution in [0.15, 0.2) is 42.7 Å². The van der Waals surface area contributed by atoms with Gasteiger partial charge in [0.15, 0.2) is 17.2 Å². The lowest BCUT2D eigenvalue weighted by Crippen LogP contribution is -2.36. The molecule has 1 unspecified atom stereocenters. The molecule has 0 aliphatic heterocycles. The lowest BCUT2D eigenvalue weighted by Gasteiger charge is -2.25. The first-order valence-corrected chi connectivity index (χ1v) is 12.1. The van der Waals surface area contributed by atoms with Crippen LogP contribution in [0.25, 0.3) is 5.65 Å². The number of benzene rings is 1. The molecule has 3 heterocycles. The van der Waals surface area contributed by atoms with E-state index >= 15 is 0 Å². The van der Waals surface area contributed by atoms with Gasteiger partial charge >= 0.3 is 5.97 Å². The van der Waals surface area contributed by atoms with Gasteiger partial charge in [0.05, 0.1) is 22.9 Å². The molecule has 0 spiro atoms. The standard InChI is InChI=1S/C26H25F2N3O4S/c1-5-34-25(33)26(4,22-13-29-16(3)36-22)12-20(32)23-15(2)30-24-21(10-7-11-31(23)24)35-14-17-18(27)8-6-9-19(17)28/h6-11,13H,5,12,14H2,1-4H3. The van der Waals surface area contributed by atoms with Crippen LogP contribution in [0.5, 0.6) is 5.75 Å². The molecular weight excluding hydrogens is 488 g/mol. The number of carbonyl (C=O) groups is 2. The zero-order valence-electron chi connectivity index (χ0n) is 20.3. The Morgan fingerprint density at radius 1 is 1.14 bits per heavy atom. The van der Waals surface area contributed by atoms with Gasteiger partial charge in [0.25, 0.3) is 0 Å². The number of rotatable bonds is 9. The maximum absolute atomic E-state index is 14.0. The van der Waals surface area contributed by atoms with Crippen LogP contribution in [-0.2, 0) is 21.6 Å². The van der Waals surface area contributed by atoms with E-state index in [0.717, 1.165) is 17.1 Å². The van der Waals surface area contributed by atoms with E-state index in [1.54, 1.807) is 49.7 Å². The van der Waals surface area contributed by atoms with Crippen LogP contribution in [0.4, 0.5) is 8.78 Å². The SMILES string of the molecule is CCOC(=O)C(C)(CC(=O)c1c(C)nc2c(OCc3c(F)cccc3F)cccn12)c1cnc(C)s1. The number of ether oxygens (including phenoxy) is 2. The normalized spacial score (nSPS) is 12.9. The van der Waals surface area contributed by atoms with Crippen molar-refractivity contribution in [3.05, 3.63) is 81.2 Å². The van der Waals surface area contributed by atoms with Crippen LogP contribution in [0, 0.1) is 25.5 Å². The van der Waals surface area contributed by atoms with Gasteiger partial charge in [-0.25, -0.2) is 18.7 Å². The number of ketones is 1. The molecule has 0 bridgehead atoms. The van der Waals surface area contributed by atoms with Gasteiger partial charge < -0.3 is 9.47 Å². The van der Waals surface area contributed by atoms with Crippen molar-refractivity contribution < 1.29 is 27.8 Å². The lowest BCUT2D eigenvalue weighted by molar-refractivity contribution is -0.149. The third kappa shape index (κ3) is 4.73. The Morgan fingerprint density at radius 2 is 1.86 bits per heavy atom. The van der Waals surface area contributed by atoms with E-state index in [2.05, 4.69) is 9.97 Å². The number of hydrogen-bond donors (Lipinski definition) is 0. The summed E-state index contributed by atoms with van der Waals surface area (Å²) in [6.45, 7) is 6.72. The Morgan fingerprint density at radius 3 is 2.50 bits per heavy atom. The van der Waals surface area contributed by atoms with Crippen molar-refractivity contribution in [3.63, 3.8) is 0 Å². The summed E-state index contributed by atoms with van der Waals surface area (Å²) in [4.78, 5) is 35.9. The fraction of sp³-hybridized carbons (Fsp3) is 0.308. The molecule has 7 nitrogen and oxygen atoms in total. The number of Topliss-reactive ketones (excluding diaryl/α,β-unsaturated/α-hetero) is 1. The number of halogens is 2. The summed E-state index contributed by atoms with van der Waals surface area (Å²) in [5.74, 6) is -2.00. The molecule has 10 heteroatoms. The molecule has 4 aromatic rings. The van der Waals surface area contributed by atoms with E-state index in [4.69, 9.17) is 9.47 Å². The number of nitrogens with zero attached hydrogens (tertiary/aromatic N) is 3. The number of aryl methyl sites for hydroxylation is 2. The molecule has 0 aliphatic rings. The summed E-state index contributed by atoms with van der Waals surface area (Å²) in [5, 5.41) is 0.770. The van der Waals surface area contributed by atoms with E-state index in [0.29, 0.717) is 16.2 Å². The average Bonchev–Trinajstić information content (AvgIpc) is 3.42. The second kappa shape index (κ2) is 10.1. The molecule has 1 atom stereocenters. The summed E-state index contributed by atoms with van der Waals surface area (Å²) in [5.41, 5.74) is -0.402. The zero-order chi connectivity index (χ0) is 26.0. The molecule has 4 rings (SSSR count). The Balaban J connectivity index is 1.67. The van der Waals surface area contributed by atoms with E-state index in [1.165, 1.54) is 17.4 Å². The highest BCUT2D eigenvalue weighted by molar-refractivity contribution is 7.11. The number of hydrogen-bond acceptors (Lipinski definition) is 7. The third-order valence-electron chi connectivity index (χ3n) is 5.89. The summed E-state index contributed by atoms with van der Waals surface area (Å²) in [6.07, 6.45) is 3.09. The monoisotopic (exact) mass is 513 g/mol. The molecule has 0 amide bonds. The van der Waals surface area contributed by atoms with Crippen molar-refractivity contribution in [2.75, 3.05) is 6.61 Å². The number of esters is 1. The van der Waals surface area contributed by atoms with Gasteiger partial charge in [-0.2, -0.15) is 0 Å². The van der Waals surface area contributed by atoms with Gasteiger partial charge in [0, 0.05) is 23.7 Å². The molecule has 3 aromatic heterocycles. The predicted octanol–water partition coefficient (Wildman–Crippen LogP) is 5.36. The topological polar surface area (TPSA) is 82.8 Å². The van der Waals surface area contributed by atoms with Crippen molar-refractivity contribution in [3.8, 4) is 5.75 Å². The van der Waals surface area contributed by atoms with Crippen molar-refractivity contribution >= 4 is 28.7 Å². The first-order valence-electron chi connectivity index (χ1n) is 11.3. The minimum Gasteiger partial charge on any atom is -0.485 e. The molecule has 1 aromatic carbocycles. The number of aromatic nitrogens is 3. The summed E-state index contributed by atoms with van der Waals surface area (Å²) >= 11 is 1.34. The fourth-order valence-corrected chi connectivity index (χ4v) is 4.91. The average molecular weight is 514 g/mol. The van der Waals surface area contributed by atoms with Crippen LogP contribution in [0.2, 0.25) is 0 Å². The fourth-order valence-electron chi connectivity index (χ4n) is 4.00. The van der Waals surface area contributed by atoms with Crippen LogP contribution in [0.1, 0.15) is 51.9 Å². The lowest BCUT2D eigenvalue weighted by atomic mass is 9.83. The highest BCUT2D eigenvalue weighted by Crippen LogP contribution is 2.35. The Bertz CT molecular complexity index is 1430. The predicted molar refractivity (Wildman–Crippen MR) is 130 cm³/mol.